The summed E-state index contributed by atoms with van der Waals surface area (Å²) < 4.78 is 8.86. The third-order valence-corrected chi connectivity index (χ3v) is 6.59. The van der Waals surface area contributed by atoms with Gasteiger partial charge in [-0.3, -0.25) is 0 Å². The number of nitrogens with zero attached hydrogens (tertiary/aromatic N) is 1. The highest BCUT2D eigenvalue weighted by molar-refractivity contribution is 5.28. The van der Waals surface area contributed by atoms with E-state index in [1.54, 1.807) is 0 Å². The number of halogens is 1. The van der Waals surface area contributed by atoms with Crippen LogP contribution < -0.4 is 21.5 Å². The predicted octanol–water partition coefficient (Wildman–Crippen LogP) is 4.00. The Labute approximate surface area is 194 Å². The number of benzene rings is 1. The lowest BCUT2D eigenvalue weighted by atomic mass is 9.83. The van der Waals surface area contributed by atoms with Gasteiger partial charge < -0.3 is 21.7 Å². The SMILES string of the molecule is CCCCC(CC)COC(C[n+]1ccccc1)c1cccc(C2CCCCC2)c1.[Br-]. The maximum atomic E-state index is 6.60. The first-order chi connectivity index (χ1) is 14.3. The van der Waals surface area contributed by atoms with Gasteiger partial charge in [0.25, 0.3) is 0 Å². The van der Waals surface area contributed by atoms with Crippen LogP contribution in [0.25, 0.3) is 0 Å². The molecule has 1 saturated carbocycles. The molecule has 1 aliphatic carbocycles. The number of unbranched alkanes of at least 4 members (excludes halogenated alkanes) is 1. The number of ether oxygens (including phenoxy) is 1. The van der Waals surface area contributed by atoms with E-state index in [2.05, 4.69) is 73.3 Å². The van der Waals surface area contributed by atoms with Gasteiger partial charge in [0.05, 0.1) is 6.61 Å². The summed E-state index contributed by atoms with van der Waals surface area (Å²) in [4.78, 5) is 0. The first-order valence-corrected chi connectivity index (χ1v) is 12.0. The molecule has 1 aliphatic rings. The molecule has 1 aromatic heterocycles. The summed E-state index contributed by atoms with van der Waals surface area (Å²) in [5, 5.41) is 0. The summed E-state index contributed by atoms with van der Waals surface area (Å²) in [7, 11) is 0. The molecule has 0 amide bonds. The third-order valence-electron chi connectivity index (χ3n) is 6.59. The highest BCUT2D eigenvalue weighted by Gasteiger charge is 2.22. The summed E-state index contributed by atoms with van der Waals surface area (Å²) >= 11 is 0. The lowest BCUT2D eigenvalue weighted by Gasteiger charge is -2.24. The quantitative estimate of drug-likeness (QED) is 0.449. The second kappa shape index (κ2) is 14.0. The minimum Gasteiger partial charge on any atom is -1.00 e. The molecule has 2 unspecified atom stereocenters. The van der Waals surface area contributed by atoms with E-state index in [4.69, 9.17) is 4.74 Å². The van der Waals surface area contributed by atoms with Crippen LogP contribution in [-0.2, 0) is 11.3 Å². The highest BCUT2D eigenvalue weighted by Crippen LogP contribution is 2.34. The Hall–Kier alpha value is -1.19. The van der Waals surface area contributed by atoms with Crippen molar-refractivity contribution in [1.82, 2.24) is 0 Å². The van der Waals surface area contributed by atoms with Gasteiger partial charge in [-0.05, 0) is 42.2 Å². The van der Waals surface area contributed by atoms with E-state index in [9.17, 15) is 0 Å². The zero-order chi connectivity index (χ0) is 20.3. The van der Waals surface area contributed by atoms with Gasteiger partial charge >= 0.3 is 0 Å². The Morgan fingerprint density at radius 3 is 2.47 bits per heavy atom. The van der Waals surface area contributed by atoms with Gasteiger partial charge in [-0.2, -0.15) is 0 Å². The standard InChI is InChI=1S/C27H40NO.BrH/c1-3-5-13-23(4-2)22-29-27(21-28-18-10-7-11-19-28)26-17-12-16-25(20-26)24-14-8-6-9-15-24;/h7,10-12,16-20,23-24,27H,3-6,8-9,13-15,21-22H2,1-2H3;1H/q+1;/p-1. The van der Waals surface area contributed by atoms with E-state index in [-0.39, 0.29) is 23.1 Å². The number of hydrogen-bond acceptors (Lipinski definition) is 1. The van der Waals surface area contributed by atoms with Gasteiger partial charge in [-0.25, -0.2) is 4.57 Å². The van der Waals surface area contributed by atoms with Gasteiger partial charge in [-0.1, -0.05) is 82.7 Å². The maximum absolute atomic E-state index is 6.60. The molecule has 3 rings (SSSR count). The summed E-state index contributed by atoms with van der Waals surface area (Å²) in [5.74, 6) is 1.40. The molecule has 30 heavy (non-hydrogen) atoms. The summed E-state index contributed by atoms with van der Waals surface area (Å²) in [5.41, 5.74) is 2.86. The van der Waals surface area contributed by atoms with Crippen molar-refractivity contribution in [2.45, 2.75) is 90.2 Å². The molecule has 2 nitrogen and oxygen atoms in total. The normalized spacial score (nSPS) is 16.6. The van der Waals surface area contributed by atoms with Crippen LogP contribution >= 0.6 is 0 Å². The van der Waals surface area contributed by atoms with E-state index in [0.717, 1.165) is 19.1 Å². The second-order valence-electron chi connectivity index (χ2n) is 8.82. The molecule has 1 heterocycles. The summed E-state index contributed by atoms with van der Waals surface area (Å²) in [6, 6.07) is 15.6. The van der Waals surface area contributed by atoms with Crippen LogP contribution in [0.1, 0.15) is 94.8 Å². The van der Waals surface area contributed by atoms with Gasteiger partial charge in [0.2, 0.25) is 0 Å². The molecule has 0 radical (unpaired) electrons. The molecule has 166 valence electrons. The molecule has 3 heteroatoms. The van der Waals surface area contributed by atoms with E-state index < -0.39 is 0 Å². The van der Waals surface area contributed by atoms with Gasteiger partial charge in [0.15, 0.2) is 18.9 Å². The number of rotatable bonds is 11. The Bertz CT molecular complexity index is 699. The molecule has 1 fully saturated rings. The maximum Gasteiger partial charge on any atom is 0.178 e. The average molecular weight is 475 g/mol. The monoisotopic (exact) mass is 473 g/mol. The van der Waals surface area contributed by atoms with Crippen molar-refractivity contribution >= 4 is 0 Å². The lowest BCUT2D eigenvalue weighted by molar-refractivity contribution is -0.705. The van der Waals surface area contributed by atoms with E-state index in [0.29, 0.717) is 5.92 Å². The average Bonchev–Trinajstić information content (AvgIpc) is 2.79. The largest absolute Gasteiger partial charge is 1.00 e. The molecule has 0 N–H and O–H groups in total. The third kappa shape index (κ3) is 7.81. The molecular formula is C27H40BrNO. The van der Waals surface area contributed by atoms with Crippen LogP contribution in [0.2, 0.25) is 0 Å². The zero-order valence-corrected chi connectivity index (χ0v) is 20.5. The Kier molecular flexibility index (Phi) is 11.7. The zero-order valence-electron chi connectivity index (χ0n) is 18.9. The molecule has 0 aliphatic heterocycles. The Morgan fingerprint density at radius 1 is 1.00 bits per heavy atom. The van der Waals surface area contributed by atoms with Crippen molar-refractivity contribution in [1.29, 1.82) is 0 Å². The summed E-state index contributed by atoms with van der Waals surface area (Å²) in [6.45, 7) is 6.31. The predicted molar refractivity (Wildman–Crippen MR) is 121 cm³/mol. The first kappa shape index (κ1) is 25.1. The molecule has 2 atom stereocenters. The van der Waals surface area contributed by atoms with Crippen LogP contribution in [-0.4, -0.2) is 6.61 Å². The van der Waals surface area contributed by atoms with Crippen LogP contribution in [0.4, 0.5) is 0 Å². The van der Waals surface area contributed by atoms with Crippen LogP contribution in [0, 0.1) is 5.92 Å². The van der Waals surface area contributed by atoms with E-state index >= 15 is 0 Å². The first-order valence-electron chi connectivity index (χ1n) is 12.0. The highest BCUT2D eigenvalue weighted by atomic mass is 79.9. The van der Waals surface area contributed by atoms with Crippen molar-refractivity contribution in [3.8, 4) is 0 Å². The molecule has 0 saturated heterocycles. The number of aromatic nitrogens is 1. The fourth-order valence-electron chi connectivity index (χ4n) is 4.60. The summed E-state index contributed by atoms with van der Waals surface area (Å²) in [6.07, 6.45) is 16.3. The van der Waals surface area contributed by atoms with Crippen molar-refractivity contribution in [3.63, 3.8) is 0 Å². The van der Waals surface area contributed by atoms with E-state index in [1.165, 1.54) is 68.9 Å². The number of hydrogen-bond donors (Lipinski definition) is 0. The van der Waals surface area contributed by atoms with Gasteiger partial charge in [0.1, 0.15) is 6.10 Å². The fourth-order valence-corrected chi connectivity index (χ4v) is 4.60. The Balaban J connectivity index is 0.00000320. The van der Waals surface area contributed by atoms with Crippen molar-refractivity contribution in [2.75, 3.05) is 6.61 Å². The van der Waals surface area contributed by atoms with Gasteiger partial charge in [-0.15, -0.1) is 0 Å². The van der Waals surface area contributed by atoms with Crippen molar-refractivity contribution in [2.24, 2.45) is 5.92 Å². The minimum absolute atomic E-state index is 0. The Morgan fingerprint density at radius 2 is 1.77 bits per heavy atom. The van der Waals surface area contributed by atoms with Crippen molar-refractivity contribution in [3.05, 3.63) is 66.0 Å². The fraction of sp³-hybridized carbons (Fsp3) is 0.593. The van der Waals surface area contributed by atoms with E-state index in [1.807, 2.05) is 0 Å². The van der Waals surface area contributed by atoms with Crippen LogP contribution in [0.5, 0.6) is 0 Å². The van der Waals surface area contributed by atoms with Crippen LogP contribution in [0.3, 0.4) is 0 Å². The molecule has 2 aromatic rings. The topological polar surface area (TPSA) is 13.1 Å². The lowest BCUT2D eigenvalue weighted by Crippen LogP contribution is -3.00. The van der Waals surface area contributed by atoms with Gasteiger partial charge in [0, 0.05) is 12.1 Å². The van der Waals surface area contributed by atoms with Crippen LogP contribution in [0.15, 0.2) is 54.9 Å². The smallest absolute Gasteiger partial charge is 0.178 e. The van der Waals surface area contributed by atoms with Crippen molar-refractivity contribution < 1.29 is 26.3 Å². The second-order valence-corrected chi connectivity index (χ2v) is 8.82. The molecule has 0 spiro atoms. The number of pyridine rings is 1. The minimum atomic E-state index is 0. The molecular weight excluding hydrogens is 434 g/mol. The molecule has 0 bridgehead atoms. The molecule has 1 aromatic carbocycles.